The van der Waals surface area contributed by atoms with E-state index in [0.717, 1.165) is 41.6 Å². The minimum atomic E-state index is -0.340. The van der Waals surface area contributed by atoms with Crippen molar-refractivity contribution in [3.8, 4) is 0 Å². The third-order valence-electron chi connectivity index (χ3n) is 5.76. The molecule has 1 aliphatic heterocycles. The lowest BCUT2D eigenvalue weighted by molar-refractivity contribution is -0.120. The maximum absolute atomic E-state index is 13.5. The van der Waals surface area contributed by atoms with Crippen molar-refractivity contribution >= 4 is 28.8 Å². The second kappa shape index (κ2) is 9.23. The molecule has 1 N–H and O–H groups in total. The summed E-state index contributed by atoms with van der Waals surface area (Å²) in [5.41, 5.74) is 6.22. The van der Waals surface area contributed by atoms with Crippen molar-refractivity contribution in [2.24, 2.45) is 0 Å². The lowest BCUT2D eigenvalue weighted by atomic mass is 10.0. The van der Waals surface area contributed by atoms with Gasteiger partial charge in [-0.1, -0.05) is 73.0 Å². The minimum absolute atomic E-state index is 0.303. The molecule has 0 aromatic heterocycles. The molecule has 0 atom stereocenters. The number of amides is 2. The number of hydrogen-bond acceptors (Lipinski definition) is 3. The highest BCUT2D eigenvalue weighted by Crippen LogP contribution is 2.34. The van der Waals surface area contributed by atoms with E-state index in [1.807, 2.05) is 86.6 Å². The fraction of sp³-hybridized carbons (Fsp3) is 0.214. The first-order valence-electron chi connectivity index (χ1n) is 11.1. The summed E-state index contributed by atoms with van der Waals surface area (Å²) < 4.78 is 0. The Balaban J connectivity index is 1.72. The summed E-state index contributed by atoms with van der Waals surface area (Å²) in [7, 11) is 0. The van der Waals surface area contributed by atoms with Crippen LogP contribution in [-0.4, -0.2) is 11.8 Å². The van der Waals surface area contributed by atoms with Gasteiger partial charge in [-0.2, -0.15) is 0 Å². The van der Waals surface area contributed by atoms with E-state index >= 15 is 0 Å². The lowest BCUT2D eigenvalue weighted by Crippen LogP contribution is -2.32. The molecular weight excluding hydrogens is 396 g/mol. The molecule has 0 unspecified atom stereocenters. The van der Waals surface area contributed by atoms with E-state index in [2.05, 4.69) is 12.2 Å². The number of hydrogen-bond donors (Lipinski definition) is 1. The van der Waals surface area contributed by atoms with Gasteiger partial charge in [-0.3, -0.25) is 9.59 Å². The minimum Gasteiger partial charge on any atom is -0.350 e. The zero-order chi connectivity index (χ0) is 22.7. The van der Waals surface area contributed by atoms with Crippen LogP contribution in [0.1, 0.15) is 42.0 Å². The van der Waals surface area contributed by atoms with Crippen LogP contribution in [0.4, 0.5) is 11.4 Å². The van der Waals surface area contributed by atoms with Crippen LogP contribution in [0.2, 0.25) is 0 Å². The fourth-order valence-corrected chi connectivity index (χ4v) is 3.84. The molecule has 4 heteroatoms. The Morgan fingerprint density at radius 3 is 1.94 bits per heavy atom. The van der Waals surface area contributed by atoms with Crippen molar-refractivity contribution in [1.82, 2.24) is 0 Å². The maximum Gasteiger partial charge on any atom is 0.282 e. The SMILES string of the molecule is CCCCc1ccc(N2C(=O)C(Nc3ccc(C)cc3)=C(c3ccc(C)cc3)C2=O)cc1. The Labute approximate surface area is 189 Å². The number of nitrogens with zero attached hydrogens (tertiary/aromatic N) is 1. The smallest absolute Gasteiger partial charge is 0.282 e. The lowest BCUT2D eigenvalue weighted by Gasteiger charge is -2.16. The topological polar surface area (TPSA) is 49.4 Å². The Morgan fingerprint density at radius 1 is 0.750 bits per heavy atom. The van der Waals surface area contributed by atoms with Crippen molar-refractivity contribution in [2.45, 2.75) is 40.0 Å². The van der Waals surface area contributed by atoms with Crippen LogP contribution in [-0.2, 0) is 16.0 Å². The van der Waals surface area contributed by atoms with Crippen LogP contribution < -0.4 is 10.2 Å². The number of carbonyl (C=O) groups is 2. The number of rotatable bonds is 7. The summed E-state index contributed by atoms with van der Waals surface area (Å²) in [5, 5.41) is 3.22. The van der Waals surface area contributed by atoms with Gasteiger partial charge < -0.3 is 5.32 Å². The van der Waals surface area contributed by atoms with Gasteiger partial charge in [-0.15, -0.1) is 0 Å². The van der Waals surface area contributed by atoms with Gasteiger partial charge in [-0.05, 0) is 62.1 Å². The van der Waals surface area contributed by atoms with Gasteiger partial charge in [-0.25, -0.2) is 4.90 Å². The first kappa shape index (κ1) is 21.6. The summed E-state index contributed by atoms with van der Waals surface area (Å²) in [6.45, 7) is 6.17. The predicted octanol–water partition coefficient (Wildman–Crippen LogP) is 6.04. The molecule has 4 rings (SSSR count). The number of imide groups is 1. The molecule has 1 aliphatic rings. The first-order chi connectivity index (χ1) is 15.5. The summed E-state index contributed by atoms with van der Waals surface area (Å²) in [6.07, 6.45) is 3.24. The van der Waals surface area contributed by atoms with Crippen LogP contribution in [0.25, 0.3) is 5.57 Å². The molecule has 32 heavy (non-hydrogen) atoms. The van der Waals surface area contributed by atoms with Crippen molar-refractivity contribution in [3.63, 3.8) is 0 Å². The van der Waals surface area contributed by atoms with Crippen molar-refractivity contribution < 1.29 is 9.59 Å². The van der Waals surface area contributed by atoms with E-state index in [-0.39, 0.29) is 11.8 Å². The molecule has 0 saturated carbocycles. The highest BCUT2D eigenvalue weighted by molar-refractivity contribution is 6.46. The normalized spacial score (nSPS) is 13.8. The highest BCUT2D eigenvalue weighted by atomic mass is 16.2. The molecule has 4 nitrogen and oxygen atoms in total. The third-order valence-corrected chi connectivity index (χ3v) is 5.76. The Bertz CT molecular complexity index is 1160. The number of benzene rings is 3. The molecule has 0 bridgehead atoms. The molecule has 162 valence electrons. The number of carbonyl (C=O) groups excluding carboxylic acids is 2. The van der Waals surface area contributed by atoms with E-state index in [9.17, 15) is 9.59 Å². The maximum atomic E-state index is 13.5. The second-order valence-electron chi connectivity index (χ2n) is 8.32. The van der Waals surface area contributed by atoms with E-state index in [1.165, 1.54) is 10.5 Å². The van der Waals surface area contributed by atoms with Gasteiger partial charge in [0.1, 0.15) is 5.70 Å². The molecule has 2 amide bonds. The molecule has 0 saturated heterocycles. The molecule has 3 aromatic carbocycles. The molecule has 0 radical (unpaired) electrons. The van der Waals surface area contributed by atoms with Crippen LogP contribution in [0.3, 0.4) is 0 Å². The number of anilines is 2. The predicted molar refractivity (Wildman–Crippen MR) is 130 cm³/mol. The van der Waals surface area contributed by atoms with E-state index < -0.39 is 0 Å². The summed E-state index contributed by atoms with van der Waals surface area (Å²) in [5.74, 6) is -0.651. The summed E-state index contributed by atoms with van der Waals surface area (Å²) >= 11 is 0. The van der Waals surface area contributed by atoms with Gasteiger partial charge >= 0.3 is 0 Å². The van der Waals surface area contributed by atoms with Crippen LogP contribution in [0.5, 0.6) is 0 Å². The molecule has 0 fully saturated rings. The van der Waals surface area contributed by atoms with Gasteiger partial charge in [0.25, 0.3) is 11.8 Å². The molecule has 3 aromatic rings. The number of nitrogens with one attached hydrogen (secondary N) is 1. The Hall–Kier alpha value is -3.66. The number of unbranched alkanes of at least 4 members (excludes halogenated alkanes) is 1. The fourth-order valence-electron chi connectivity index (χ4n) is 3.84. The quantitative estimate of drug-likeness (QED) is 0.470. The third kappa shape index (κ3) is 4.35. The molecule has 1 heterocycles. The van der Waals surface area contributed by atoms with Crippen LogP contribution >= 0.6 is 0 Å². The Kier molecular flexibility index (Phi) is 6.22. The van der Waals surface area contributed by atoms with Crippen molar-refractivity contribution in [3.05, 3.63) is 101 Å². The van der Waals surface area contributed by atoms with E-state index in [0.29, 0.717) is 17.0 Å². The zero-order valence-corrected chi connectivity index (χ0v) is 18.8. The van der Waals surface area contributed by atoms with E-state index in [4.69, 9.17) is 0 Å². The number of aryl methyl sites for hydroxylation is 3. The van der Waals surface area contributed by atoms with E-state index in [1.54, 1.807) is 0 Å². The largest absolute Gasteiger partial charge is 0.350 e. The summed E-state index contributed by atoms with van der Waals surface area (Å²) in [4.78, 5) is 28.3. The average molecular weight is 425 g/mol. The van der Waals surface area contributed by atoms with Gasteiger partial charge in [0, 0.05) is 5.69 Å². The average Bonchev–Trinajstić information content (AvgIpc) is 3.04. The second-order valence-corrected chi connectivity index (χ2v) is 8.32. The summed E-state index contributed by atoms with van der Waals surface area (Å²) in [6, 6.07) is 23.2. The van der Waals surface area contributed by atoms with Gasteiger partial charge in [0.05, 0.1) is 11.3 Å². The van der Waals surface area contributed by atoms with Crippen LogP contribution in [0.15, 0.2) is 78.5 Å². The van der Waals surface area contributed by atoms with Crippen molar-refractivity contribution in [2.75, 3.05) is 10.2 Å². The van der Waals surface area contributed by atoms with Gasteiger partial charge in [0.2, 0.25) is 0 Å². The molecule has 0 spiro atoms. The van der Waals surface area contributed by atoms with Gasteiger partial charge in [0.15, 0.2) is 0 Å². The first-order valence-corrected chi connectivity index (χ1v) is 11.1. The van der Waals surface area contributed by atoms with Crippen molar-refractivity contribution in [1.29, 1.82) is 0 Å². The van der Waals surface area contributed by atoms with Crippen LogP contribution in [0, 0.1) is 13.8 Å². The molecular formula is C28H28N2O2. The molecule has 0 aliphatic carbocycles. The highest BCUT2D eigenvalue weighted by Gasteiger charge is 2.40. The Morgan fingerprint density at radius 2 is 1.34 bits per heavy atom. The standard InChI is InChI=1S/C28H28N2O2/c1-4-5-6-21-11-17-24(18-12-21)30-27(31)25(22-13-7-19(2)8-14-22)26(28(30)32)29-23-15-9-20(3)10-16-23/h7-18,29H,4-6H2,1-3H3. The zero-order valence-electron chi connectivity index (χ0n) is 18.8. The monoisotopic (exact) mass is 424 g/mol.